The van der Waals surface area contributed by atoms with Crippen molar-refractivity contribution in [2.24, 2.45) is 0 Å². The lowest BCUT2D eigenvalue weighted by Gasteiger charge is -2.44. The molecule has 2 aliphatic heterocycles. The van der Waals surface area contributed by atoms with Gasteiger partial charge in [-0.15, -0.1) is 0 Å². The Kier molecular flexibility index (Phi) is 7.56. The van der Waals surface area contributed by atoms with E-state index in [1.807, 2.05) is 30.3 Å². The molecule has 2 aliphatic rings. The number of likely N-dealkylation sites (tertiary alicyclic amines) is 1. The third kappa shape index (κ3) is 5.19. The van der Waals surface area contributed by atoms with Crippen molar-refractivity contribution in [1.82, 2.24) is 15.1 Å². The molecule has 2 saturated heterocycles. The number of nitrogens with zero attached hydrogens (tertiary/aromatic N) is 3. The molecule has 0 bridgehead atoms. The van der Waals surface area contributed by atoms with Crippen molar-refractivity contribution in [2.45, 2.75) is 37.9 Å². The molecular weight excluding hydrogens is 488 g/mol. The van der Waals surface area contributed by atoms with E-state index in [1.165, 1.54) is 12.1 Å². The minimum atomic E-state index is -0.792. The third-order valence-electron chi connectivity index (χ3n) is 6.67. The van der Waals surface area contributed by atoms with Crippen LogP contribution in [0.2, 0.25) is 5.02 Å². The fourth-order valence-corrected chi connectivity index (χ4v) is 5.13. The van der Waals surface area contributed by atoms with Gasteiger partial charge in [-0.1, -0.05) is 41.9 Å². The molecule has 1 N–H and O–H groups in total. The number of piperidine rings is 1. The number of nitro groups is 1. The molecule has 1 spiro atoms. The van der Waals surface area contributed by atoms with Gasteiger partial charge in [0.1, 0.15) is 6.54 Å². The van der Waals surface area contributed by atoms with Gasteiger partial charge < -0.3 is 14.5 Å². The topological polar surface area (TPSA) is 122 Å². The molecule has 1 unspecified atom stereocenters. The van der Waals surface area contributed by atoms with E-state index in [0.717, 1.165) is 11.6 Å². The van der Waals surface area contributed by atoms with Crippen molar-refractivity contribution in [3.63, 3.8) is 0 Å². The van der Waals surface area contributed by atoms with E-state index in [1.54, 1.807) is 16.7 Å². The van der Waals surface area contributed by atoms with Gasteiger partial charge in [-0.2, -0.15) is 0 Å². The van der Waals surface area contributed by atoms with Crippen LogP contribution in [-0.2, 0) is 20.7 Å². The van der Waals surface area contributed by atoms with Gasteiger partial charge in [-0.25, -0.2) is 0 Å². The highest BCUT2D eigenvalue weighted by Gasteiger charge is 2.52. The standard InChI is InChI=1S/C25H27ClN4O6/c1-2-36-22(31)16-29-24(33)21(14-17-6-4-3-5-7-17)27-25(29)10-12-28(13-11-25)23(32)19-9-8-18(30(34)35)15-20(19)26/h3-9,15,21,27H,2,10-14,16H2,1H3. The Hall–Kier alpha value is -3.50. The molecule has 0 aromatic heterocycles. The monoisotopic (exact) mass is 514 g/mol. The number of carbonyl (C=O) groups is 3. The molecule has 1 atom stereocenters. The highest BCUT2D eigenvalue weighted by molar-refractivity contribution is 6.34. The molecule has 2 aromatic carbocycles. The summed E-state index contributed by atoms with van der Waals surface area (Å²) in [5.41, 5.74) is 0.192. The fraction of sp³-hybridized carbons (Fsp3) is 0.400. The molecule has 2 heterocycles. The number of nitro benzene ring substituents is 1. The third-order valence-corrected chi connectivity index (χ3v) is 6.98. The first-order valence-electron chi connectivity index (χ1n) is 11.8. The zero-order chi connectivity index (χ0) is 25.9. The zero-order valence-electron chi connectivity index (χ0n) is 19.8. The van der Waals surface area contributed by atoms with E-state index >= 15 is 0 Å². The Morgan fingerprint density at radius 1 is 1.19 bits per heavy atom. The second-order valence-corrected chi connectivity index (χ2v) is 9.27. The first-order valence-corrected chi connectivity index (χ1v) is 12.1. The molecule has 2 aromatic rings. The fourth-order valence-electron chi connectivity index (χ4n) is 4.87. The largest absolute Gasteiger partial charge is 0.465 e. The molecule has 10 nitrogen and oxygen atoms in total. The van der Waals surface area contributed by atoms with Gasteiger partial charge in [0.25, 0.3) is 11.6 Å². The number of hydrogen-bond donors (Lipinski definition) is 1. The van der Waals surface area contributed by atoms with Crippen LogP contribution in [0.5, 0.6) is 0 Å². The van der Waals surface area contributed by atoms with Crippen molar-refractivity contribution in [3.05, 3.63) is 74.8 Å². The first-order chi connectivity index (χ1) is 17.2. The lowest BCUT2D eigenvalue weighted by atomic mass is 9.95. The van der Waals surface area contributed by atoms with Crippen molar-refractivity contribution < 1.29 is 24.0 Å². The summed E-state index contributed by atoms with van der Waals surface area (Å²) in [6, 6.07) is 12.9. The van der Waals surface area contributed by atoms with Crippen LogP contribution in [0.3, 0.4) is 0 Å². The molecule has 2 amide bonds. The summed E-state index contributed by atoms with van der Waals surface area (Å²) in [6.45, 7) is 2.37. The summed E-state index contributed by atoms with van der Waals surface area (Å²) in [4.78, 5) is 52.4. The number of rotatable bonds is 7. The zero-order valence-corrected chi connectivity index (χ0v) is 20.6. The van der Waals surface area contributed by atoms with E-state index in [-0.39, 0.29) is 41.2 Å². The highest BCUT2D eigenvalue weighted by atomic mass is 35.5. The molecule has 36 heavy (non-hydrogen) atoms. The SMILES string of the molecule is CCOC(=O)CN1C(=O)C(Cc2ccccc2)NC12CCN(C(=O)c1ccc([N+](=O)[O-])cc1Cl)CC2. The molecule has 0 radical (unpaired) electrons. The average molecular weight is 515 g/mol. The highest BCUT2D eigenvalue weighted by Crippen LogP contribution is 2.34. The van der Waals surface area contributed by atoms with Gasteiger partial charge in [-0.05, 0) is 25.0 Å². The number of esters is 1. The molecule has 2 fully saturated rings. The van der Waals surface area contributed by atoms with E-state index < -0.39 is 22.6 Å². The van der Waals surface area contributed by atoms with Crippen molar-refractivity contribution in [3.8, 4) is 0 Å². The van der Waals surface area contributed by atoms with Crippen LogP contribution < -0.4 is 5.32 Å². The molecule has 0 saturated carbocycles. The van der Waals surface area contributed by atoms with Gasteiger partial charge in [0.2, 0.25) is 5.91 Å². The maximum atomic E-state index is 13.4. The number of non-ortho nitro benzene ring substituents is 1. The average Bonchev–Trinajstić information content (AvgIpc) is 3.10. The number of nitrogens with one attached hydrogen (secondary N) is 1. The number of ether oxygens (including phenoxy) is 1. The Morgan fingerprint density at radius 3 is 2.50 bits per heavy atom. The van der Waals surface area contributed by atoms with Gasteiger partial charge in [0, 0.05) is 38.1 Å². The number of carbonyl (C=O) groups excluding carboxylic acids is 3. The van der Waals surface area contributed by atoms with Gasteiger partial charge in [-0.3, -0.25) is 29.8 Å². The first kappa shape index (κ1) is 25.6. The van der Waals surface area contributed by atoms with Crippen LogP contribution in [0.4, 0.5) is 5.69 Å². The van der Waals surface area contributed by atoms with Crippen LogP contribution >= 0.6 is 11.6 Å². The van der Waals surface area contributed by atoms with Gasteiger partial charge >= 0.3 is 5.97 Å². The van der Waals surface area contributed by atoms with Crippen LogP contribution in [0.15, 0.2) is 48.5 Å². The second-order valence-electron chi connectivity index (χ2n) is 8.86. The van der Waals surface area contributed by atoms with Crippen molar-refractivity contribution >= 4 is 35.1 Å². The van der Waals surface area contributed by atoms with E-state index in [2.05, 4.69) is 5.32 Å². The predicted octanol–water partition coefficient (Wildman–Crippen LogP) is 2.79. The summed E-state index contributed by atoms with van der Waals surface area (Å²) >= 11 is 6.17. The van der Waals surface area contributed by atoms with Crippen LogP contribution in [0.25, 0.3) is 0 Å². The van der Waals surface area contributed by atoms with E-state index in [9.17, 15) is 24.5 Å². The number of benzene rings is 2. The smallest absolute Gasteiger partial charge is 0.325 e. The maximum Gasteiger partial charge on any atom is 0.325 e. The number of hydrogen-bond acceptors (Lipinski definition) is 7. The normalized spacial score (nSPS) is 18.9. The summed E-state index contributed by atoms with van der Waals surface area (Å²) in [5.74, 6) is -1.000. The Balaban J connectivity index is 1.51. The van der Waals surface area contributed by atoms with Crippen LogP contribution in [-0.4, -0.2) is 70.5 Å². The number of amides is 2. The molecule has 0 aliphatic carbocycles. The molecule has 4 rings (SSSR count). The lowest BCUT2D eigenvalue weighted by Crippen LogP contribution is -2.60. The molecule has 190 valence electrons. The summed E-state index contributed by atoms with van der Waals surface area (Å²) in [5, 5.41) is 14.4. The van der Waals surface area contributed by atoms with Crippen LogP contribution in [0, 0.1) is 10.1 Å². The molecular formula is C25H27ClN4O6. The molecule has 11 heteroatoms. The van der Waals surface area contributed by atoms with Crippen molar-refractivity contribution in [2.75, 3.05) is 26.2 Å². The summed E-state index contributed by atoms with van der Waals surface area (Å²) in [6.07, 6.45) is 1.28. The van der Waals surface area contributed by atoms with Crippen molar-refractivity contribution in [1.29, 1.82) is 0 Å². The summed E-state index contributed by atoms with van der Waals surface area (Å²) < 4.78 is 5.11. The Morgan fingerprint density at radius 2 is 1.89 bits per heavy atom. The Labute approximate surface area is 213 Å². The van der Waals surface area contributed by atoms with Gasteiger partial charge in [0.05, 0.1) is 33.8 Å². The second kappa shape index (κ2) is 10.6. The lowest BCUT2D eigenvalue weighted by molar-refractivity contribution is -0.384. The maximum absolute atomic E-state index is 13.4. The van der Waals surface area contributed by atoms with E-state index in [0.29, 0.717) is 32.4 Å². The van der Waals surface area contributed by atoms with Crippen LogP contribution in [0.1, 0.15) is 35.7 Å². The summed E-state index contributed by atoms with van der Waals surface area (Å²) in [7, 11) is 0. The van der Waals surface area contributed by atoms with Gasteiger partial charge in [0.15, 0.2) is 0 Å². The Bertz CT molecular complexity index is 1170. The quantitative estimate of drug-likeness (QED) is 0.342. The van der Waals surface area contributed by atoms with E-state index in [4.69, 9.17) is 16.3 Å². The minimum Gasteiger partial charge on any atom is -0.465 e. The minimum absolute atomic E-state index is 0.00974. The number of halogens is 1. The predicted molar refractivity (Wildman–Crippen MR) is 131 cm³/mol.